The van der Waals surface area contributed by atoms with E-state index in [1.165, 1.54) is 10.4 Å². The van der Waals surface area contributed by atoms with E-state index < -0.39 is 16.0 Å². The molecule has 1 heterocycles. The second-order valence-electron chi connectivity index (χ2n) is 5.88. The molecule has 0 unspecified atom stereocenters. The summed E-state index contributed by atoms with van der Waals surface area (Å²) in [5.41, 5.74) is 1.74. The summed E-state index contributed by atoms with van der Waals surface area (Å²) in [6.45, 7) is 1.15. The summed E-state index contributed by atoms with van der Waals surface area (Å²) in [4.78, 5) is 11.3. The van der Waals surface area contributed by atoms with Gasteiger partial charge < -0.3 is 5.11 Å². The van der Waals surface area contributed by atoms with Crippen molar-refractivity contribution >= 4 is 16.0 Å². The Labute approximate surface area is 141 Å². The lowest BCUT2D eigenvalue weighted by molar-refractivity contribution is 0.0697. The Morgan fingerprint density at radius 1 is 0.917 bits per heavy atom. The zero-order valence-corrected chi connectivity index (χ0v) is 14.0. The van der Waals surface area contributed by atoms with Crippen LogP contribution in [0.2, 0.25) is 0 Å². The molecule has 0 radical (unpaired) electrons. The van der Waals surface area contributed by atoms with Crippen LogP contribution >= 0.6 is 0 Å². The van der Waals surface area contributed by atoms with Crippen LogP contribution in [-0.2, 0) is 10.0 Å². The van der Waals surface area contributed by atoms with Crippen LogP contribution in [0, 0.1) is 0 Å². The van der Waals surface area contributed by atoms with E-state index >= 15 is 0 Å². The first-order chi connectivity index (χ1) is 11.5. The first-order valence-electron chi connectivity index (χ1n) is 7.92. The van der Waals surface area contributed by atoms with Crippen molar-refractivity contribution in [2.45, 2.75) is 24.2 Å². The third kappa shape index (κ3) is 3.34. The average Bonchev–Trinajstić information content (AvgIpc) is 2.62. The highest BCUT2D eigenvalue weighted by Crippen LogP contribution is 2.25. The lowest BCUT2D eigenvalue weighted by Crippen LogP contribution is -2.35. The normalized spacial score (nSPS) is 16.0. The smallest absolute Gasteiger partial charge is 0.335 e. The summed E-state index contributed by atoms with van der Waals surface area (Å²) < 4.78 is 26.8. The first kappa shape index (κ1) is 16.7. The van der Waals surface area contributed by atoms with Crippen molar-refractivity contribution in [3.05, 3.63) is 54.1 Å². The fourth-order valence-corrected chi connectivity index (χ4v) is 4.42. The summed E-state index contributed by atoms with van der Waals surface area (Å²) in [5.74, 6) is -0.985. The van der Waals surface area contributed by atoms with Gasteiger partial charge in [0.2, 0.25) is 10.0 Å². The third-order valence-corrected chi connectivity index (χ3v) is 6.16. The molecule has 3 rings (SSSR count). The van der Waals surface area contributed by atoms with E-state index in [4.69, 9.17) is 5.11 Å². The highest BCUT2D eigenvalue weighted by atomic mass is 32.2. The molecule has 0 aromatic heterocycles. The van der Waals surface area contributed by atoms with E-state index in [0.717, 1.165) is 30.4 Å². The van der Waals surface area contributed by atoms with Crippen LogP contribution in [0.5, 0.6) is 0 Å². The highest BCUT2D eigenvalue weighted by Gasteiger charge is 2.25. The molecule has 0 atom stereocenters. The van der Waals surface area contributed by atoms with E-state index in [0.29, 0.717) is 13.1 Å². The van der Waals surface area contributed by atoms with Gasteiger partial charge in [-0.05, 0) is 48.2 Å². The van der Waals surface area contributed by atoms with Crippen molar-refractivity contribution in [1.29, 1.82) is 0 Å². The second-order valence-corrected chi connectivity index (χ2v) is 7.81. The number of piperidine rings is 1. The number of nitrogens with zero attached hydrogens (tertiary/aromatic N) is 1. The lowest BCUT2D eigenvalue weighted by atomic mass is 10.0. The monoisotopic (exact) mass is 345 g/mol. The molecule has 1 saturated heterocycles. The number of carboxylic acids is 1. The fourth-order valence-electron chi connectivity index (χ4n) is 2.91. The molecule has 0 spiro atoms. The second kappa shape index (κ2) is 6.75. The Balaban J connectivity index is 1.88. The van der Waals surface area contributed by atoms with Gasteiger partial charge in [0.25, 0.3) is 0 Å². The van der Waals surface area contributed by atoms with Gasteiger partial charge >= 0.3 is 5.97 Å². The number of rotatable bonds is 4. The Hall–Kier alpha value is -2.18. The quantitative estimate of drug-likeness (QED) is 0.923. The lowest BCUT2D eigenvalue weighted by Gasteiger charge is -2.25. The van der Waals surface area contributed by atoms with Crippen molar-refractivity contribution in [2.75, 3.05) is 13.1 Å². The first-order valence-corrected chi connectivity index (χ1v) is 9.36. The van der Waals surface area contributed by atoms with Crippen LogP contribution in [0.1, 0.15) is 29.6 Å². The number of aromatic carboxylic acids is 1. The zero-order chi connectivity index (χ0) is 17.2. The molecule has 1 aliphatic heterocycles. The molecular weight excluding hydrogens is 326 g/mol. The van der Waals surface area contributed by atoms with Gasteiger partial charge in [-0.2, -0.15) is 4.31 Å². The SMILES string of the molecule is O=C(O)c1cccc(-c2ccc(S(=O)(=O)N3CCCCC3)cc2)c1. The van der Waals surface area contributed by atoms with Gasteiger partial charge in [0, 0.05) is 13.1 Å². The molecule has 5 nitrogen and oxygen atoms in total. The van der Waals surface area contributed by atoms with E-state index in [1.807, 2.05) is 0 Å². The molecule has 0 amide bonds. The van der Waals surface area contributed by atoms with Gasteiger partial charge in [0.15, 0.2) is 0 Å². The molecular formula is C18H19NO4S. The molecule has 0 aliphatic carbocycles. The van der Waals surface area contributed by atoms with Crippen LogP contribution in [0.3, 0.4) is 0 Å². The molecule has 1 aliphatic rings. The summed E-state index contributed by atoms with van der Waals surface area (Å²) in [5, 5.41) is 9.07. The summed E-state index contributed by atoms with van der Waals surface area (Å²) in [6.07, 6.45) is 2.88. The number of carboxylic acid groups (broad SMARTS) is 1. The molecule has 1 fully saturated rings. The maximum atomic E-state index is 12.6. The number of carbonyl (C=O) groups is 1. The van der Waals surface area contributed by atoms with Crippen LogP contribution in [0.25, 0.3) is 11.1 Å². The molecule has 1 N–H and O–H groups in total. The number of hydrogen-bond donors (Lipinski definition) is 1. The summed E-state index contributed by atoms with van der Waals surface area (Å²) in [7, 11) is -3.44. The third-order valence-electron chi connectivity index (χ3n) is 4.25. The molecule has 6 heteroatoms. The molecule has 126 valence electrons. The van der Waals surface area contributed by atoms with E-state index in [-0.39, 0.29) is 10.5 Å². The Morgan fingerprint density at radius 3 is 2.21 bits per heavy atom. The van der Waals surface area contributed by atoms with Crippen LogP contribution < -0.4 is 0 Å². The molecule has 0 saturated carbocycles. The zero-order valence-electron chi connectivity index (χ0n) is 13.2. The minimum atomic E-state index is -3.44. The standard InChI is InChI=1S/C18H19NO4S/c20-18(21)16-6-4-5-15(13-16)14-7-9-17(10-8-14)24(22,23)19-11-2-1-3-12-19/h4-10,13H,1-3,11-12H2,(H,20,21). The van der Waals surface area contributed by atoms with Crippen molar-refractivity contribution in [3.8, 4) is 11.1 Å². The van der Waals surface area contributed by atoms with Gasteiger partial charge in [0.1, 0.15) is 0 Å². The average molecular weight is 345 g/mol. The molecule has 2 aromatic rings. The van der Waals surface area contributed by atoms with Crippen molar-refractivity contribution in [1.82, 2.24) is 4.31 Å². The number of benzene rings is 2. The van der Waals surface area contributed by atoms with Gasteiger partial charge in [-0.15, -0.1) is 0 Å². The fraction of sp³-hybridized carbons (Fsp3) is 0.278. The Kier molecular flexibility index (Phi) is 4.69. The van der Waals surface area contributed by atoms with Crippen LogP contribution in [-0.4, -0.2) is 36.9 Å². The van der Waals surface area contributed by atoms with Gasteiger partial charge in [-0.1, -0.05) is 30.7 Å². The highest BCUT2D eigenvalue weighted by molar-refractivity contribution is 7.89. The predicted molar refractivity (Wildman–Crippen MR) is 91.4 cm³/mol. The number of sulfonamides is 1. The maximum absolute atomic E-state index is 12.6. The summed E-state index contributed by atoms with van der Waals surface area (Å²) >= 11 is 0. The van der Waals surface area contributed by atoms with Gasteiger partial charge in [0.05, 0.1) is 10.5 Å². The molecule has 2 aromatic carbocycles. The van der Waals surface area contributed by atoms with Crippen LogP contribution in [0.4, 0.5) is 0 Å². The summed E-state index contributed by atoms with van der Waals surface area (Å²) in [6, 6.07) is 13.2. The molecule has 0 bridgehead atoms. The van der Waals surface area contributed by atoms with Gasteiger partial charge in [-0.25, -0.2) is 13.2 Å². The largest absolute Gasteiger partial charge is 0.478 e. The number of hydrogen-bond acceptors (Lipinski definition) is 3. The van der Waals surface area contributed by atoms with Crippen LogP contribution in [0.15, 0.2) is 53.4 Å². The van der Waals surface area contributed by atoms with Gasteiger partial charge in [-0.3, -0.25) is 0 Å². The van der Waals surface area contributed by atoms with E-state index in [9.17, 15) is 13.2 Å². The molecule has 24 heavy (non-hydrogen) atoms. The van der Waals surface area contributed by atoms with E-state index in [1.54, 1.807) is 42.5 Å². The maximum Gasteiger partial charge on any atom is 0.335 e. The Bertz CT molecular complexity index is 838. The van der Waals surface area contributed by atoms with E-state index in [2.05, 4.69) is 0 Å². The van der Waals surface area contributed by atoms with Crippen molar-refractivity contribution < 1.29 is 18.3 Å². The van der Waals surface area contributed by atoms with Crippen molar-refractivity contribution in [3.63, 3.8) is 0 Å². The van der Waals surface area contributed by atoms with Crippen molar-refractivity contribution in [2.24, 2.45) is 0 Å². The topological polar surface area (TPSA) is 74.7 Å². The Morgan fingerprint density at radius 2 is 1.58 bits per heavy atom. The minimum Gasteiger partial charge on any atom is -0.478 e. The minimum absolute atomic E-state index is 0.206. The predicted octanol–water partition coefficient (Wildman–Crippen LogP) is 3.23.